The second kappa shape index (κ2) is 9.03. The number of fused-ring (bicyclic) bond motifs is 13. The first-order valence-corrected chi connectivity index (χ1v) is 15.9. The Labute approximate surface area is 257 Å². The zero-order valence-corrected chi connectivity index (χ0v) is 24.6. The molecule has 44 heavy (non-hydrogen) atoms. The first-order valence-electron chi connectivity index (χ1n) is 15.1. The van der Waals surface area contributed by atoms with Gasteiger partial charge in [-0.25, -0.2) is 0 Å². The molecule has 2 heteroatoms. The number of aromatic nitrogens is 1. The van der Waals surface area contributed by atoms with Gasteiger partial charge in [-0.3, -0.25) is 0 Å². The van der Waals surface area contributed by atoms with Gasteiger partial charge in [0.15, 0.2) is 0 Å². The summed E-state index contributed by atoms with van der Waals surface area (Å²) in [5, 5.41) is 13.1. The number of hydrogen-bond acceptors (Lipinski definition) is 1. The fraction of sp³-hybridized carbons (Fsp3) is 0. The molecule has 204 valence electrons. The number of nitrogens with zero attached hydrogens (tertiary/aromatic N) is 1. The van der Waals surface area contributed by atoms with Gasteiger partial charge in [0.2, 0.25) is 0 Å². The average Bonchev–Trinajstić information content (AvgIpc) is 3.64. The van der Waals surface area contributed by atoms with Gasteiger partial charge in [-0.15, -0.1) is 11.3 Å². The van der Waals surface area contributed by atoms with Crippen molar-refractivity contribution in [1.82, 2.24) is 4.57 Å². The van der Waals surface area contributed by atoms with Crippen LogP contribution in [0.25, 0.3) is 91.1 Å². The molecule has 0 aliphatic heterocycles. The Bertz CT molecular complexity index is 2740. The Hall–Kier alpha value is -5.44. The van der Waals surface area contributed by atoms with E-state index in [-0.39, 0.29) is 0 Å². The summed E-state index contributed by atoms with van der Waals surface area (Å²) < 4.78 is 5.14. The van der Waals surface area contributed by atoms with Gasteiger partial charge >= 0.3 is 0 Å². The van der Waals surface area contributed by atoms with Crippen LogP contribution in [0.15, 0.2) is 152 Å². The third-order valence-electron chi connectivity index (χ3n) is 9.36. The third-order valence-corrected chi connectivity index (χ3v) is 10.5. The van der Waals surface area contributed by atoms with Crippen molar-refractivity contribution in [3.8, 4) is 16.8 Å². The Morgan fingerprint density at radius 1 is 0.364 bits per heavy atom. The van der Waals surface area contributed by atoms with Crippen LogP contribution in [0.5, 0.6) is 0 Å². The molecule has 0 atom stereocenters. The van der Waals surface area contributed by atoms with Crippen LogP contribution in [0.1, 0.15) is 0 Å². The average molecular weight is 576 g/mol. The summed E-state index contributed by atoms with van der Waals surface area (Å²) >= 11 is 1.88. The molecule has 0 aliphatic rings. The molecule has 0 spiro atoms. The molecule has 0 N–H and O–H groups in total. The van der Waals surface area contributed by atoms with Gasteiger partial charge in [0.25, 0.3) is 0 Å². The largest absolute Gasteiger partial charge is 0.309 e. The lowest BCUT2D eigenvalue weighted by atomic mass is 9.92. The zero-order chi connectivity index (χ0) is 28.8. The third kappa shape index (κ3) is 3.29. The van der Waals surface area contributed by atoms with E-state index in [1.165, 1.54) is 91.1 Å². The topological polar surface area (TPSA) is 4.93 Å². The van der Waals surface area contributed by atoms with Crippen LogP contribution < -0.4 is 0 Å². The van der Waals surface area contributed by atoms with E-state index in [1.807, 2.05) is 11.3 Å². The highest BCUT2D eigenvalue weighted by molar-refractivity contribution is 7.26. The lowest BCUT2D eigenvalue weighted by molar-refractivity contribution is 1.19. The first kappa shape index (κ1) is 24.0. The van der Waals surface area contributed by atoms with Gasteiger partial charge in [-0.1, -0.05) is 115 Å². The first-order chi connectivity index (χ1) is 21.8. The van der Waals surface area contributed by atoms with Crippen LogP contribution in [0.4, 0.5) is 0 Å². The highest BCUT2D eigenvalue weighted by Crippen LogP contribution is 2.43. The van der Waals surface area contributed by atoms with Crippen molar-refractivity contribution in [3.63, 3.8) is 0 Å². The minimum Gasteiger partial charge on any atom is -0.309 e. The van der Waals surface area contributed by atoms with Crippen LogP contribution in [0.3, 0.4) is 0 Å². The summed E-state index contributed by atoms with van der Waals surface area (Å²) in [6.07, 6.45) is 0. The van der Waals surface area contributed by atoms with Gasteiger partial charge in [-0.05, 0) is 79.8 Å². The van der Waals surface area contributed by atoms with E-state index in [4.69, 9.17) is 0 Å². The zero-order valence-electron chi connectivity index (χ0n) is 23.8. The summed E-state index contributed by atoms with van der Waals surface area (Å²) in [4.78, 5) is 0. The minimum absolute atomic E-state index is 1.18. The van der Waals surface area contributed by atoms with E-state index < -0.39 is 0 Å². The fourth-order valence-corrected chi connectivity index (χ4v) is 8.55. The van der Waals surface area contributed by atoms with E-state index >= 15 is 0 Å². The van der Waals surface area contributed by atoms with E-state index in [9.17, 15) is 0 Å². The smallest absolute Gasteiger partial charge is 0.0634 e. The number of para-hydroxylation sites is 1. The van der Waals surface area contributed by atoms with E-state index in [0.717, 1.165) is 0 Å². The fourth-order valence-electron chi connectivity index (χ4n) is 7.45. The molecule has 10 rings (SSSR count). The molecule has 2 aromatic heterocycles. The molecule has 0 radical (unpaired) electrons. The Kier molecular flexibility index (Phi) is 4.94. The summed E-state index contributed by atoms with van der Waals surface area (Å²) in [6, 6.07) is 55.9. The number of thiophene rings is 1. The lowest BCUT2D eigenvalue weighted by Gasteiger charge is -2.13. The Morgan fingerprint density at radius 3 is 1.73 bits per heavy atom. The highest BCUT2D eigenvalue weighted by atomic mass is 32.1. The Morgan fingerprint density at radius 2 is 0.955 bits per heavy atom. The monoisotopic (exact) mass is 575 g/mol. The van der Waals surface area contributed by atoms with Gasteiger partial charge in [-0.2, -0.15) is 0 Å². The number of hydrogen-bond donors (Lipinski definition) is 0. The molecule has 0 saturated heterocycles. The van der Waals surface area contributed by atoms with Crippen LogP contribution in [-0.2, 0) is 0 Å². The molecule has 0 fully saturated rings. The molecule has 0 aliphatic carbocycles. The van der Waals surface area contributed by atoms with Crippen LogP contribution >= 0.6 is 11.3 Å². The molecule has 8 aromatic carbocycles. The predicted molar refractivity (Wildman–Crippen MR) is 192 cm³/mol. The highest BCUT2D eigenvalue weighted by Gasteiger charge is 2.18. The van der Waals surface area contributed by atoms with Gasteiger partial charge in [0.05, 0.1) is 11.0 Å². The summed E-state index contributed by atoms with van der Waals surface area (Å²) in [5.74, 6) is 0. The van der Waals surface area contributed by atoms with Crippen molar-refractivity contribution < 1.29 is 0 Å². The maximum absolute atomic E-state index is 2.49. The molecule has 1 nitrogen and oxygen atoms in total. The molecule has 0 unspecified atom stereocenters. The van der Waals surface area contributed by atoms with Gasteiger partial charge in [0, 0.05) is 36.6 Å². The van der Waals surface area contributed by atoms with Gasteiger partial charge < -0.3 is 4.57 Å². The van der Waals surface area contributed by atoms with E-state index in [1.54, 1.807) is 0 Å². The molecular weight excluding hydrogens is 551 g/mol. The molecule has 0 saturated carbocycles. The number of rotatable bonds is 2. The van der Waals surface area contributed by atoms with Crippen molar-refractivity contribution in [3.05, 3.63) is 152 Å². The SMILES string of the molecule is c1cc(-c2ccc3c4ccccc4c4ccccc4c3c2)cc(-n2c3ccccc3c3ccc4sc5ccccc5c4c32)c1. The quantitative estimate of drug-likeness (QED) is 0.181. The molecule has 0 bridgehead atoms. The minimum atomic E-state index is 1.18. The second-order valence-electron chi connectivity index (χ2n) is 11.7. The summed E-state index contributed by atoms with van der Waals surface area (Å²) in [7, 11) is 0. The summed E-state index contributed by atoms with van der Waals surface area (Å²) in [5.41, 5.74) is 6.15. The lowest BCUT2D eigenvalue weighted by Crippen LogP contribution is -1.95. The maximum atomic E-state index is 2.49. The standard InChI is InChI=1S/C42H25NS/c1-2-14-31-29(12-1)30-13-3-4-15-32(30)37-25-27(20-21-33(31)37)26-10-9-11-28(24-26)43-38-18-7-5-16-34(38)35-22-23-40-41(42(35)43)36-17-6-8-19-39(36)44-40/h1-25H. The second-order valence-corrected chi connectivity index (χ2v) is 12.8. The van der Waals surface area contributed by atoms with Crippen molar-refractivity contribution in [2.45, 2.75) is 0 Å². The Balaban J connectivity index is 1.26. The molecule has 0 amide bonds. The molecule has 2 heterocycles. The van der Waals surface area contributed by atoms with E-state index in [0.29, 0.717) is 0 Å². The van der Waals surface area contributed by atoms with Crippen molar-refractivity contribution >= 4 is 85.6 Å². The number of benzene rings is 8. The van der Waals surface area contributed by atoms with E-state index in [2.05, 4.69) is 156 Å². The van der Waals surface area contributed by atoms with Crippen LogP contribution in [0, 0.1) is 0 Å². The van der Waals surface area contributed by atoms with Crippen LogP contribution in [-0.4, -0.2) is 4.57 Å². The summed E-state index contributed by atoms with van der Waals surface area (Å²) in [6.45, 7) is 0. The van der Waals surface area contributed by atoms with Crippen molar-refractivity contribution in [1.29, 1.82) is 0 Å². The normalized spacial score (nSPS) is 12.1. The van der Waals surface area contributed by atoms with Crippen molar-refractivity contribution in [2.75, 3.05) is 0 Å². The van der Waals surface area contributed by atoms with Gasteiger partial charge in [0.1, 0.15) is 0 Å². The maximum Gasteiger partial charge on any atom is 0.0634 e. The van der Waals surface area contributed by atoms with Crippen molar-refractivity contribution in [2.24, 2.45) is 0 Å². The molecular formula is C42H25NS. The van der Waals surface area contributed by atoms with Crippen LogP contribution in [0.2, 0.25) is 0 Å². The molecule has 10 aromatic rings. The predicted octanol–water partition coefficient (Wildman–Crippen LogP) is 12.3.